The fourth-order valence-corrected chi connectivity index (χ4v) is 8.30. The summed E-state index contributed by atoms with van der Waals surface area (Å²) in [6.07, 6.45) is 40.0. The smallest absolute Gasteiger partial charge is 0.305 e. The number of unbranched alkanes of at least 4 members (excludes halogenated alkanes) is 23. The summed E-state index contributed by atoms with van der Waals surface area (Å²) in [5, 5.41) is 9.38. The van der Waals surface area contributed by atoms with E-state index < -0.39 is 0 Å². The Balaban J connectivity index is -0.000000574. The highest BCUT2D eigenvalue weighted by molar-refractivity contribution is 5.69. The molecule has 1 unspecified atom stereocenters. The molecule has 0 amide bonds. The fraction of sp³-hybridized carbons (Fsp3) is 0.721. The van der Waals surface area contributed by atoms with Gasteiger partial charge in [-0.05, 0) is 73.8 Å². The molecule has 0 aromatic heterocycles. The van der Waals surface area contributed by atoms with Gasteiger partial charge >= 0.3 is 5.97 Å². The number of ether oxygens (including phenoxy) is 11. The molecule has 83 heavy (non-hydrogen) atoms. The lowest BCUT2D eigenvalue weighted by molar-refractivity contribution is -0.282. The zero-order valence-corrected chi connectivity index (χ0v) is 51.0. The van der Waals surface area contributed by atoms with E-state index >= 15 is 0 Å². The zero-order valence-electron chi connectivity index (χ0n) is 51.0. The Labute approximate surface area is 519 Å². The maximum atomic E-state index is 12.1. The normalized spacial score (nSPS) is 10.8. The second-order valence-electron chi connectivity index (χ2n) is 20.0. The van der Waals surface area contributed by atoms with E-state index in [1.165, 1.54) is 89.9 Å². The molecule has 0 aliphatic carbocycles. The number of terminal acetylenes is 1. The molecule has 0 aliphatic rings. The lowest BCUT2D eigenvalue weighted by atomic mass is 10.0. The lowest BCUT2D eigenvalue weighted by Gasteiger charge is -2.14. The summed E-state index contributed by atoms with van der Waals surface area (Å²) in [6, 6.07) is 5.61. The third-order valence-corrected chi connectivity index (χ3v) is 12.9. The molecule has 0 saturated carbocycles. The van der Waals surface area contributed by atoms with Crippen LogP contribution in [0.3, 0.4) is 0 Å². The van der Waals surface area contributed by atoms with Crippen molar-refractivity contribution < 1.29 is 84.2 Å². The molecule has 1 rings (SSSR count). The van der Waals surface area contributed by atoms with Crippen molar-refractivity contribution in [2.75, 3.05) is 125 Å². The van der Waals surface area contributed by atoms with Gasteiger partial charge in [0.1, 0.15) is 19.3 Å². The largest absolute Gasteiger partial charge is 0.490 e. The Morgan fingerprint density at radius 3 is 1.35 bits per heavy atom. The van der Waals surface area contributed by atoms with Gasteiger partial charge in [-0.1, -0.05) is 148 Å². The number of rotatable bonds is 60. The van der Waals surface area contributed by atoms with E-state index in [-0.39, 0.29) is 35.8 Å². The molecule has 1 aromatic rings. The molecule has 0 radical (unpaired) electrons. The molecular weight excluding hydrogens is 1050 g/mol. The maximum absolute atomic E-state index is 12.1. The van der Waals surface area contributed by atoms with Crippen LogP contribution in [0.4, 0.5) is 5.69 Å². The summed E-state index contributed by atoms with van der Waals surface area (Å²) in [4.78, 5) is 16.8. The fourth-order valence-electron chi connectivity index (χ4n) is 8.30. The van der Waals surface area contributed by atoms with Crippen LogP contribution in [0.1, 0.15) is 210 Å². The maximum Gasteiger partial charge on any atom is 0.305 e. The highest BCUT2D eigenvalue weighted by atomic mass is 17.1. The van der Waals surface area contributed by atoms with Crippen molar-refractivity contribution in [3.8, 4) is 83.2 Å². The third kappa shape index (κ3) is 57.1. The van der Waals surface area contributed by atoms with E-state index in [4.69, 9.17) is 69.2 Å². The van der Waals surface area contributed by atoms with Crippen molar-refractivity contribution in [2.24, 2.45) is 0 Å². The van der Waals surface area contributed by atoms with Gasteiger partial charge in [-0.15, -0.1) is 6.42 Å². The number of nitrogens with two attached hydrogens (primary N) is 1. The predicted octanol–water partition coefficient (Wildman–Crippen LogP) is 15.5. The molecule has 15 nitrogen and oxygen atoms in total. The standard InChI is InChI=1S/C68H105NO14.12H2/c1-3-5-7-9-11-13-17-23-29-35-44-72-49-52-75-55-57-77-54-51-74-48-43-65(83-71)39-33-27-21-15-19-26-32-38-47-81-67-63-64(69)41-42-66(67)80-46-37-31-25-20-16-22-28-34-40-68(70)82-62-61-79-60-59-78-58-56-76-53-50-73-45-36-30-24-18-14-12-10-8-6-4-2;;;;;;;;;;;;/h2,41-42,63,65,71H,3,5,7,9,11,13,15-17,19-23,25-29,31-35,37-40,43-44,46-62,69H2,1H3;12*1H. The first kappa shape index (κ1) is 75.9. The van der Waals surface area contributed by atoms with Crippen LogP contribution in [-0.4, -0.2) is 136 Å². The first-order valence-electron chi connectivity index (χ1n) is 31.3. The minimum absolute atomic E-state index is 0. The third-order valence-electron chi connectivity index (χ3n) is 12.9. The molecule has 0 saturated heterocycles. The van der Waals surface area contributed by atoms with Gasteiger partial charge in [0, 0.05) is 84.5 Å². The topological polar surface area (TPSA) is 174 Å². The SMILES string of the molecule is C#CC#CC#CC#CC#CC#COCCOCCOCCOCCOC(=O)CCCCCCCCCCOc1ccc(N)cc1OCCCCCCCCCCC(CCOCCOCCOCCOCCCCCCCCCCCC)OO.[HH].[HH].[HH].[HH].[HH].[HH].[HH].[HH].[HH].[HH].[HH].[HH]. The van der Waals surface area contributed by atoms with Crippen molar-refractivity contribution >= 4 is 11.7 Å². The van der Waals surface area contributed by atoms with E-state index in [1.807, 2.05) is 18.2 Å². The number of benzene rings is 1. The number of esters is 1. The molecule has 0 aliphatic heterocycles. The van der Waals surface area contributed by atoms with Crippen LogP contribution in [0.15, 0.2) is 18.2 Å². The number of hydrogen-bond donors (Lipinski definition) is 2. The number of anilines is 1. The lowest BCUT2D eigenvalue weighted by Crippen LogP contribution is -2.16. The number of carbonyl (C=O) groups is 1. The van der Waals surface area contributed by atoms with Crippen molar-refractivity contribution in [1.29, 1.82) is 0 Å². The van der Waals surface area contributed by atoms with Crippen LogP contribution in [0.25, 0.3) is 0 Å². The van der Waals surface area contributed by atoms with Crippen LogP contribution in [0, 0.1) is 71.7 Å². The van der Waals surface area contributed by atoms with Crippen LogP contribution >= 0.6 is 0 Å². The molecule has 0 spiro atoms. The minimum Gasteiger partial charge on any atom is -0.490 e. The Morgan fingerprint density at radius 1 is 0.446 bits per heavy atom. The Morgan fingerprint density at radius 2 is 0.843 bits per heavy atom. The molecule has 3 N–H and O–H groups in total. The van der Waals surface area contributed by atoms with Gasteiger partial charge in [-0.25, -0.2) is 4.89 Å². The van der Waals surface area contributed by atoms with Gasteiger partial charge in [-0.3, -0.25) is 10.1 Å². The van der Waals surface area contributed by atoms with E-state index in [0.29, 0.717) is 130 Å². The molecule has 1 atom stereocenters. The Kier molecular flexibility index (Phi) is 58.9. The van der Waals surface area contributed by atoms with E-state index in [9.17, 15) is 10.1 Å². The quantitative estimate of drug-likeness (QED) is 0.0157. The average Bonchev–Trinajstić information content (AvgIpc) is 1.24. The summed E-state index contributed by atoms with van der Waals surface area (Å²) in [6.45, 7) is 11.1. The Bertz CT molecular complexity index is 2070. The van der Waals surface area contributed by atoms with Crippen LogP contribution < -0.4 is 15.2 Å². The number of hydrogen-bond acceptors (Lipinski definition) is 15. The second-order valence-corrected chi connectivity index (χ2v) is 20.0. The van der Waals surface area contributed by atoms with Crippen molar-refractivity contribution in [1.82, 2.24) is 0 Å². The molecule has 0 bridgehead atoms. The summed E-state index contributed by atoms with van der Waals surface area (Å²) >= 11 is 0. The van der Waals surface area contributed by atoms with Crippen molar-refractivity contribution in [2.45, 2.75) is 199 Å². The van der Waals surface area contributed by atoms with Crippen LogP contribution in [-0.2, 0) is 52.3 Å². The average molecular weight is 1180 g/mol. The molecule has 490 valence electrons. The Hall–Kier alpha value is -5.11. The first-order valence-corrected chi connectivity index (χ1v) is 31.3. The van der Waals surface area contributed by atoms with Crippen LogP contribution in [0.5, 0.6) is 11.5 Å². The van der Waals surface area contributed by atoms with Gasteiger partial charge in [0.05, 0.1) is 98.6 Å². The summed E-state index contributed by atoms with van der Waals surface area (Å²) in [7, 11) is 0. The second kappa shape index (κ2) is 64.5. The monoisotopic (exact) mass is 1180 g/mol. The van der Waals surface area contributed by atoms with Gasteiger partial charge in [0.25, 0.3) is 0 Å². The first-order chi connectivity index (χ1) is 41.1. The molecule has 15 heteroatoms. The van der Waals surface area contributed by atoms with Gasteiger partial charge in [0.2, 0.25) is 0 Å². The molecule has 0 fully saturated rings. The molecule has 1 aromatic carbocycles. The minimum atomic E-state index is -0.200. The van der Waals surface area contributed by atoms with Gasteiger partial charge in [-0.2, -0.15) is 0 Å². The molecular formula is C68H129NO14. The summed E-state index contributed by atoms with van der Waals surface area (Å²) < 4.78 is 61.6. The van der Waals surface area contributed by atoms with Gasteiger partial charge in [0.15, 0.2) is 11.5 Å². The highest BCUT2D eigenvalue weighted by Gasteiger charge is 2.10. The summed E-state index contributed by atoms with van der Waals surface area (Å²) in [5.74, 6) is 25.7. The van der Waals surface area contributed by atoms with Gasteiger partial charge < -0.3 is 57.8 Å². The number of carbonyl (C=O) groups excluding carboxylic acids is 1. The predicted molar refractivity (Wildman–Crippen MR) is 355 cm³/mol. The van der Waals surface area contributed by atoms with E-state index in [0.717, 1.165) is 95.8 Å². The van der Waals surface area contributed by atoms with E-state index in [1.54, 1.807) is 0 Å². The molecule has 0 heterocycles. The zero-order chi connectivity index (χ0) is 59.5. The highest BCUT2D eigenvalue weighted by Crippen LogP contribution is 2.30. The van der Waals surface area contributed by atoms with E-state index in [2.05, 4.69) is 72.2 Å². The van der Waals surface area contributed by atoms with Crippen LogP contribution in [0.2, 0.25) is 0 Å². The summed E-state index contributed by atoms with van der Waals surface area (Å²) in [5.41, 5.74) is 6.74. The van der Waals surface area contributed by atoms with Crippen molar-refractivity contribution in [3.05, 3.63) is 18.2 Å². The van der Waals surface area contributed by atoms with Crippen molar-refractivity contribution in [3.63, 3.8) is 0 Å². The number of nitrogen functional groups attached to an aromatic ring is 1.